The first kappa shape index (κ1) is 99.7. The second-order valence-corrected chi connectivity index (χ2v) is 43.2. The molecule has 5 aromatic heterocycles. The van der Waals surface area contributed by atoms with E-state index in [0.29, 0.717) is 53.4 Å². The third kappa shape index (κ3) is 43.1. The van der Waals surface area contributed by atoms with E-state index < -0.39 is 0 Å². The van der Waals surface area contributed by atoms with Gasteiger partial charge in [-0.3, -0.25) is 33.6 Å². The van der Waals surface area contributed by atoms with Gasteiger partial charge in [-0.15, -0.1) is 22.7 Å². The van der Waals surface area contributed by atoms with Crippen LogP contribution in [0.5, 0.6) is 0 Å². The van der Waals surface area contributed by atoms with Gasteiger partial charge in [0, 0.05) is 116 Å². The van der Waals surface area contributed by atoms with Crippen LogP contribution in [0.25, 0.3) is 0 Å². The van der Waals surface area contributed by atoms with Crippen LogP contribution in [0.2, 0.25) is 0 Å². The van der Waals surface area contributed by atoms with Crippen molar-refractivity contribution in [2.45, 2.75) is 332 Å². The van der Waals surface area contributed by atoms with Gasteiger partial charge in [-0.2, -0.15) is 0 Å². The van der Waals surface area contributed by atoms with Gasteiger partial charge in [-0.25, -0.2) is 15.0 Å². The highest BCUT2D eigenvalue weighted by molar-refractivity contribution is 7.14. The average molecular weight is 1470 g/mol. The first-order chi connectivity index (χ1) is 45.6. The smallest absolute Gasteiger partial charge is 0.203 e. The second kappa shape index (κ2) is 39.5. The van der Waals surface area contributed by atoms with Crippen LogP contribution in [0.3, 0.4) is 0 Å². The van der Waals surface area contributed by atoms with E-state index in [-0.39, 0.29) is 94.1 Å². The summed E-state index contributed by atoms with van der Waals surface area (Å²) in [6, 6.07) is 7.76. The molecule has 15 nitrogen and oxygen atoms in total. The zero-order chi connectivity index (χ0) is 81.8. The maximum Gasteiger partial charge on any atom is 0.203 e. The molecule has 17 heteroatoms. The topological polar surface area (TPSA) is 216 Å². The zero-order valence-corrected chi connectivity index (χ0v) is 74.7. The fraction of sp³-hybridized carbons (Fsp3) is 0.721. The SMILES string of the molecule is CC(C)(C)Cc1ccc(C(=O)C(C)(C)C)o1.CC(C)(C)Cc1ccc(C(=O)C(C)(C)C)s1.CC(C)(C)NCCC(=O)C(C)(C)C.CC(C)(C)NCCCC(=O)C(C)(C)C.CC(C)c1sc(CC(C)(C)C)nc1C(=O)C(C)(C)C.Cc1cn(C)c(C(=O)C(C)(C)C)n1.Cc1cnc(C(=O)C(C)(C)C)[nH]1. The van der Waals surface area contributed by atoms with Gasteiger partial charge in [0.1, 0.15) is 23.0 Å². The number of carbonyl (C=O) groups is 7. The molecule has 103 heavy (non-hydrogen) atoms. The van der Waals surface area contributed by atoms with E-state index in [4.69, 9.17) is 4.42 Å². The summed E-state index contributed by atoms with van der Waals surface area (Å²) in [4.78, 5) is 102. The number of H-pyrrole nitrogens is 1. The average Bonchev–Trinajstić information content (AvgIpc) is 1.68. The van der Waals surface area contributed by atoms with Gasteiger partial charge in [0.05, 0.1) is 15.6 Å². The number of ketones is 7. The summed E-state index contributed by atoms with van der Waals surface area (Å²) in [6.07, 6.45) is 8.59. The van der Waals surface area contributed by atoms with Crippen molar-refractivity contribution in [3.63, 3.8) is 0 Å². The van der Waals surface area contributed by atoms with Crippen LogP contribution in [-0.2, 0) is 35.9 Å². The molecule has 588 valence electrons. The van der Waals surface area contributed by atoms with Gasteiger partial charge < -0.3 is 24.6 Å². The summed E-state index contributed by atoms with van der Waals surface area (Å²) in [5.41, 5.74) is 1.34. The predicted octanol–water partition coefficient (Wildman–Crippen LogP) is 22.8. The number of nitrogens with zero attached hydrogens (tertiary/aromatic N) is 4. The number of aromatic amines is 1. The third-order valence-corrected chi connectivity index (χ3v) is 17.2. The number of furan rings is 1. The molecule has 0 amide bonds. The van der Waals surface area contributed by atoms with Gasteiger partial charge in [-0.1, -0.05) is 222 Å². The molecule has 0 fully saturated rings. The molecule has 0 atom stereocenters. The van der Waals surface area contributed by atoms with E-state index in [1.165, 1.54) is 4.88 Å². The number of aryl methyl sites for hydroxylation is 3. The van der Waals surface area contributed by atoms with Crippen LogP contribution in [0, 0.1) is 68.0 Å². The Labute approximate surface area is 635 Å². The molecule has 0 saturated heterocycles. The lowest BCUT2D eigenvalue weighted by Gasteiger charge is -2.22. The molecule has 0 aliphatic carbocycles. The number of carbonyl (C=O) groups excluding carboxylic acids is 7. The summed E-state index contributed by atoms with van der Waals surface area (Å²) in [5, 5.41) is 7.77. The minimum atomic E-state index is -0.378. The van der Waals surface area contributed by atoms with Crippen molar-refractivity contribution in [2.75, 3.05) is 13.1 Å². The molecule has 0 spiro atoms. The Bertz CT molecular complexity index is 3380. The van der Waals surface area contributed by atoms with Gasteiger partial charge >= 0.3 is 0 Å². The highest BCUT2D eigenvalue weighted by atomic mass is 32.1. The summed E-state index contributed by atoms with van der Waals surface area (Å²) in [6.45, 7) is 82.9. The quantitative estimate of drug-likeness (QED) is 0.0620. The molecule has 0 aromatic carbocycles. The minimum Gasteiger partial charge on any atom is -0.458 e. The molecular weight excluding hydrogens is 1320 g/mol. The summed E-state index contributed by atoms with van der Waals surface area (Å²) >= 11 is 3.35. The Morgan fingerprint density at radius 1 is 0.485 bits per heavy atom. The number of thiophene rings is 1. The normalized spacial score (nSPS) is 12.7. The van der Waals surface area contributed by atoms with Crippen LogP contribution in [0.4, 0.5) is 0 Å². The molecule has 0 aliphatic heterocycles. The predicted molar refractivity (Wildman–Crippen MR) is 437 cm³/mol. The standard InChI is InChI=1S/C16H27NOS.C14H22O2.C14H22OS.C12H25NO.C11H23NO.C10H16N2O.C9H14N2O/c1-10(2)13-12(14(18)16(6,7)8)17-11(19-13)9-15(3,4)5;2*1-13(2,3)9-10-7-8-11(16-10)12(15)14(4,5)6;1-11(2,3)10(14)8-7-9-13-12(4,5)6;1-10(2,3)9(13)7-8-12-11(4,5)6;1-7-6-12(5)9(11-7)8(13)10(2,3)4;1-6-5-10-8(11-6)7(12)9(2,3)4/h10H,9H2,1-8H3;2*7-8H,9H2,1-6H3;13H,7-9H2,1-6H3;12H,7-8H2,1-6H3;6H,1-5H3;5H,1-4H3,(H,10,11). The van der Waals surface area contributed by atoms with E-state index in [9.17, 15) is 33.6 Å². The Morgan fingerprint density at radius 3 is 1.29 bits per heavy atom. The number of Topliss-reactive ketones (excluding diaryl/α,β-unsaturated/α-hetero) is 7. The van der Waals surface area contributed by atoms with Gasteiger partial charge in [0.2, 0.25) is 17.3 Å². The van der Waals surface area contributed by atoms with Gasteiger partial charge in [0.15, 0.2) is 29.0 Å². The van der Waals surface area contributed by atoms with Crippen LogP contribution in [0.15, 0.2) is 41.1 Å². The fourth-order valence-electron chi connectivity index (χ4n) is 8.85. The largest absolute Gasteiger partial charge is 0.458 e. The molecule has 0 bridgehead atoms. The number of thiazole rings is 1. The van der Waals surface area contributed by atoms with E-state index in [2.05, 4.69) is 154 Å². The number of rotatable bonds is 16. The van der Waals surface area contributed by atoms with Gasteiger partial charge in [0.25, 0.3) is 0 Å². The van der Waals surface area contributed by atoms with E-state index >= 15 is 0 Å². The molecular formula is C86H149N7O8S2. The number of hydrogen-bond acceptors (Lipinski definition) is 15. The molecule has 0 aliphatic rings. The maximum atomic E-state index is 12.5. The molecule has 5 heterocycles. The Kier molecular flexibility index (Phi) is 38.2. The number of aromatic nitrogens is 5. The molecule has 5 aromatic rings. The maximum absolute atomic E-state index is 12.5. The molecule has 5 rings (SSSR count). The first-order valence-electron chi connectivity index (χ1n) is 37.1. The number of imidazole rings is 2. The van der Waals surface area contributed by atoms with Gasteiger partial charge in [-0.05, 0) is 121 Å². The number of hydrogen-bond donors (Lipinski definition) is 3. The first-order valence-corrected chi connectivity index (χ1v) is 38.7. The Hall–Kier alpha value is -5.36. The molecule has 0 saturated carbocycles. The highest BCUT2D eigenvalue weighted by Crippen LogP contribution is 2.35. The Morgan fingerprint density at radius 2 is 0.922 bits per heavy atom. The van der Waals surface area contributed by atoms with Crippen LogP contribution in [0.1, 0.15) is 372 Å². The van der Waals surface area contributed by atoms with Crippen molar-refractivity contribution in [2.24, 2.45) is 61.2 Å². The van der Waals surface area contributed by atoms with Crippen molar-refractivity contribution >= 4 is 63.2 Å². The van der Waals surface area contributed by atoms with Crippen molar-refractivity contribution < 1.29 is 38.0 Å². The van der Waals surface area contributed by atoms with Crippen molar-refractivity contribution in [3.8, 4) is 0 Å². The monoisotopic (exact) mass is 1470 g/mol. The van der Waals surface area contributed by atoms with Crippen molar-refractivity contribution in [1.82, 2.24) is 35.1 Å². The van der Waals surface area contributed by atoms with E-state index in [1.807, 2.05) is 185 Å². The van der Waals surface area contributed by atoms with E-state index in [1.54, 1.807) is 39.5 Å². The fourth-order valence-corrected chi connectivity index (χ4v) is 11.7. The van der Waals surface area contributed by atoms with Crippen molar-refractivity contribution in [1.29, 1.82) is 0 Å². The lowest BCUT2D eigenvalue weighted by molar-refractivity contribution is -0.127. The van der Waals surface area contributed by atoms with Crippen molar-refractivity contribution in [3.05, 3.63) is 96.5 Å². The van der Waals surface area contributed by atoms with E-state index in [0.717, 1.165) is 70.7 Å². The minimum absolute atomic E-state index is 0.0515. The number of nitrogens with one attached hydrogen (secondary N) is 3. The molecule has 3 N–H and O–H groups in total. The zero-order valence-electron chi connectivity index (χ0n) is 73.1. The lowest BCUT2D eigenvalue weighted by atomic mass is 9.87. The molecule has 0 unspecified atom stereocenters. The van der Waals surface area contributed by atoms with Crippen LogP contribution < -0.4 is 10.6 Å². The molecule has 0 radical (unpaired) electrons. The summed E-state index contributed by atoms with van der Waals surface area (Å²) in [7, 11) is 1.85. The highest BCUT2D eigenvalue weighted by Gasteiger charge is 2.33. The van der Waals surface area contributed by atoms with Crippen LogP contribution >= 0.6 is 22.7 Å². The third-order valence-electron chi connectivity index (χ3n) is 14.7. The second-order valence-electron chi connectivity index (χ2n) is 40.9. The Balaban J connectivity index is 0. The summed E-state index contributed by atoms with van der Waals surface area (Å²) in [5.74, 6) is 4.01. The summed E-state index contributed by atoms with van der Waals surface area (Å²) < 4.78 is 7.38. The lowest BCUT2D eigenvalue weighted by Crippen LogP contribution is -2.38. The van der Waals surface area contributed by atoms with Crippen LogP contribution in [-0.4, -0.2) is 89.2 Å².